The average Bonchev–Trinajstić information content (AvgIpc) is 3.13. The van der Waals surface area contributed by atoms with Crippen molar-refractivity contribution in [1.29, 1.82) is 0 Å². The number of pyridine rings is 1. The number of benzene rings is 1. The van der Waals surface area contributed by atoms with Crippen LogP contribution in [-0.4, -0.2) is 30.5 Å². The molecular weight excluding hydrogens is 372 g/mol. The molecule has 0 bridgehead atoms. The highest BCUT2D eigenvalue weighted by Crippen LogP contribution is 2.24. The molecule has 1 amide bonds. The van der Waals surface area contributed by atoms with Gasteiger partial charge in [-0.05, 0) is 55.8 Å². The SMILES string of the molecule is Cc1cc(C)n2nc(C(=O)Nc3ccc(SCc4cccnc4)cc3)nc2n1. The van der Waals surface area contributed by atoms with Gasteiger partial charge in [0, 0.05) is 40.1 Å². The molecule has 140 valence electrons. The molecule has 1 aromatic carbocycles. The predicted octanol–water partition coefficient (Wildman–Crippen LogP) is 3.68. The quantitative estimate of drug-likeness (QED) is 0.523. The van der Waals surface area contributed by atoms with E-state index in [0.717, 1.165) is 22.0 Å². The van der Waals surface area contributed by atoms with E-state index in [1.165, 1.54) is 5.56 Å². The standard InChI is InChI=1S/C20H18N6OS/c1-13-10-14(2)26-20(22-13)24-18(25-26)19(27)23-16-5-7-17(8-6-16)28-12-15-4-3-9-21-11-15/h3-11H,12H2,1-2H3,(H,23,27). The number of carbonyl (C=O) groups is 1. The molecule has 3 aromatic heterocycles. The molecule has 0 saturated heterocycles. The van der Waals surface area contributed by atoms with E-state index < -0.39 is 0 Å². The summed E-state index contributed by atoms with van der Waals surface area (Å²) in [5.74, 6) is 0.996. The number of carbonyl (C=O) groups excluding carboxylic acids is 1. The molecule has 0 aliphatic rings. The largest absolute Gasteiger partial charge is 0.319 e. The fraction of sp³-hybridized carbons (Fsp3) is 0.150. The van der Waals surface area contributed by atoms with Crippen molar-refractivity contribution in [3.8, 4) is 0 Å². The summed E-state index contributed by atoms with van der Waals surface area (Å²) in [4.78, 5) is 26.3. The lowest BCUT2D eigenvalue weighted by molar-refractivity contribution is 0.101. The summed E-state index contributed by atoms with van der Waals surface area (Å²) in [5.41, 5.74) is 3.57. The summed E-state index contributed by atoms with van der Waals surface area (Å²) in [6, 6.07) is 13.6. The summed E-state index contributed by atoms with van der Waals surface area (Å²) >= 11 is 1.71. The Morgan fingerprint density at radius 1 is 1.14 bits per heavy atom. The van der Waals surface area contributed by atoms with Crippen LogP contribution in [0.5, 0.6) is 0 Å². The van der Waals surface area contributed by atoms with E-state index in [2.05, 4.69) is 31.4 Å². The third kappa shape index (κ3) is 4.01. The first-order valence-corrected chi connectivity index (χ1v) is 9.71. The maximum absolute atomic E-state index is 12.5. The van der Waals surface area contributed by atoms with Gasteiger partial charge in [-0.3, -0.25) is 9.78 Å². The van der Waals surface area contributed by atoms with E-state index >= 15 is 0 Å². The number of thioether (sulfide) groups is 1. The maximum atomic E-state index is 12.5. The topological polar surface area (TPSA) is 85.1 Å². The molecule has 8 heteroatoms. The molecule has 0 aliphatic carbocycles. The molecule has 0 saturated carbocycles. The lowest BCUT2D eigenvalue weighted by atomic mass is 10.3. The Morgan fingerprint density at radius 2 is 1.96 bits per heavy atom. The second kappa shape index (κ2) is 7.77. The smallest absolute Gasteiger partial charge is 0.295 e. The molecule has 0 unspecified atom stereocenters. The number of fused-ring (bicyclic) bond motifs is 1. The van der Waals surface area contributed by atoms with Gasteiger partial charge in [-0.1, -0.05) is 6.07 Å². The van der Waals surface area contributed by atoms with E-state index in [1.54, 1.807) is 22.5 Å². The van der Waals surface area contributed by atoms with Crippen LogP contribution >= 0.6 is 11.8 Å². The monoisotopic (exact) mass is 390 g/mol. The molecule has 4 rings (SSSR count). The Balaban J connectivity index is 1.42. The zero-order chi connectivity index (χ0) is 19.5. The fourth-order valence-corrected chi connectivity index (χ4v) is 3.57. The molecular formula is C20H18N6OS. The number of anilines is 1. The molecule has 0 spiro atoms. The van der Waals surface area contributed by atoms with Crippen molar-refractivity contribution in [2.75, 3.05) is 5.32 Å². The molecule has 0 fully saturated rings. The normalized spacial score (nSPS) is 10.9. The number of hydrogen-bond acceptors (Lipinski definition) is 6. The molecule has 1 N–H and O–H groups in total. The van der Waals surface area contributed by atoms with E-state index in [-0.39, 0.29) is 11.7 Å². The Labute approximate surface area is 166 Å². The summed E-state index contributed by atoms with van der Waals surface area (Å²) in [6.45, 7) is 3.79. The lowest BCUT2D eigenvalue weighted by Crippen LogP contribution is -2.14. The zero-order valence-electron chi connectivity index (χ0n) is 15.5. The third-order valence-corrected chi connectivity index (χ3v) is 5.15. The van der Waals surface area contributed by atoms with Gasteiger partial charge in [-0.15, -0.1) is 16.9 Å². The van der Waals surface area contributed by atoms with Crippen LogP contribution in [0.1, 0.15) is 27.6 Å². The van der Waals surface area contributed by atoms with Crippen molar-refractivity contribution in [1.82, 2.24) is 24.6 Å². The maximum Gasteiger partial charge on any atom is 0.295 e. The van der Waals surface area contributed by atoms with Crippen LogP contribution in [0.3, 0.4) is 0 Å². The number of aromatic nitrogens is 5. The molecule has 4 aromatic rings. The van der Waals surface area contributed by atoms with Gasteiger partial charge in [-0.25, -0.2) is 9.50 Å². The van der Waals surface area contributed by atoms with Crippen molar-refractivity contribution in [3.63, 3.8) is 0 Å². The second-order valence-electron chi connectivity index (χ2n) is 6.31. The van der Waals surface area contributed by atoms with Gasteiger partial charge in [0.25, 0.3) is 11.7 Å². The van der Waals surface area contributed by atoms with Gasteiger partial charge in [0.05, 0.1) is 0 Å². The number of amides is 1. The van der Waals surface area contributed by atoms with Crippen molar-refractivity contribution in [3.05, 3.63) is 77.6 Å². The highest BCUT2D eigenvalue weighted by Gasteiger charge is 2.15. The lowest BCUT2D eigenvalue weighted by Gasteiger charge is -2.05. The first-order valence-electron chi connectivity index (χ1n) is 8.72. The molecule has 28 heavy (non-hydrogen) atoms. The van der Waals surface area contributed by atoms with Gasteiger partial charge in [-0.2, -0.15) is 4.98 Å². The predicted molar refractivity (Wildman–Crippen MR) is 108 cm³/mol. The molecule has 0 radical (unpaired) electrons. The van der Waals surface area contributed by atoms with Crippen LogP contribution in [0.15, 0.2) is 59.8 Å². The van der Waals surface area contributed by atoms with Gasteiger partial charge in [0.1, 0.15) is 0 Å². The van der Waals surface area contributed by atoms with E-state index in [9.17, 15) is 4.79 Å². The highest BCUT2D eigenvalue weighted by molar-refractivity contribution is 7.98. The van der Waals surface area contributed by atoms with Crippen LogP contribution in [0.4, 0.5) is 5.69 Å². The van der Waals surface area contributed by atoms with E-state index in [1.807, 2.05) is 56.4 Å². The minimum absolute atomic E-state index is 0.0937. The third-order valence-electron chi connectivity index (χ3n) is 4.06. The summed E-state index contributed by atoms with van der Waals surface area (Å²) < 4.78 is 1.57. The van der Waals surface area contributed by atoms with Crippen molar-refractivity contribution in [2.45, 2.75) is 24.5 Å². The molecule has 0 aliphatic heterocycles. The number of rotatable bonds is 5. The number of aryl methyl sites for hydroxylation is 2. The number of hydrogen-bond donors (Lipinski definition) is 1. The van der Waals surface area contributed by atoms with Crippen LogP contribution < -0.4 is 5.32 Å². The Hall–Kier alpha value is -3.26. The van der Waals surface area contributed by atoms with Crippen LogP contribution in [0.25, 0.3) is 5.78 Å². The van der Waals surface area contributed by atoms with Gasteiger partial charge >= 0.3 is 0 Å². The molecule has 0 atom stereocenters. The molecule has 3 heterocycles. The van der Waals surface area contributed by atoms with Gasteiger partial charge in [0.15, 0.2) is 0 Å². The molecule has 7 nitrogen and oxygen atoms in total. The minimum atomic E-state index is -0.363. The Kier molecular flexibility index (Phi) is 5.03. The van der Waals surface area contributed by atoms with Crippen molar-refractivity contribution >= 4 is 29.1 Å². The minimum Gasteiger partial charge on any atom is -0.319 e. The van der Waals surface area contributed by atoms with E-state index in [4.69, 9.17) is 0 Å². The fourth-order valence-electron chi connectivity index (χ4n) is 2.73. The van der Waals surface area contributed by atoms with Crippen LogP contribution in [-0.2, 0) is 5.75 Å². The first kappa shape index (κ1) is 18.1. The highest BCUT2D eigenvalue weighted by atomic mass is 32.2. The summed E-state index contributed by atoms with van der Waals surface area (Å²) in [5, 5.41) is 7.08. The summed E-state index contributed by atoms with van der Waals surface area (Å²) in [6.07, 6.45) is 3.63. The average molecular weight is 390 g/mol. The zero-order valence-corrected chi connectivity index (χ0v) is 16.3. The van der Waals surface area contributed by atoms with Gasteiger partial charge < -0.3 is 5.32 Å². The first-order chi connectivity index (χ1) is 13.6. The number of nitrogens with zero attached hydrogens (tertiary/aromatic N) is 5. The van der Waals surface area contributed by atoms with E-state index in [0.29, 0.717) is 11.5 Å². The van der Waals surface area contributed by atoms with Crippen LogP contribution in [0, 0.1) is 13.8 Å². The van der Waals surface area contributed by atoms with Crippen LogP contribution in [0.2, 0.25) is 0 Å². The Bertz CT molecular complexity index is 1120. The second-order valence-corrected chi connectivity index (χ2v) is 7.36. The van der Waals surface area contributed by atoms with Crippen molar-refractivity contribution < 1.29 is 4.79 Å². The van der Waals surface area contributed by atoms with Crippen molar-refractivity contribution in [2.24, 2.45) is 0 Å². The number of nitrogens with one attached hydrogen (secondary N) is 1. The Morgan fingerprint density at radius 3 is 2.71 bits per heavy atom. The van der Waals surface area contributed by atoms with Gasteiger partial charge in [0.2, 0.25) is 5.82 Å². The summed E-state index contributed by atoms with van der Waals surface area (Å²) in [7, 11) is 0.